The molecule has 6 nitrogen and oxygen atoms in total. The number of hydrogen-bond acceptors (Lipinski definition) is 4. The lowest BCUT2D eigenvalue weighted by Crippen LogP contribution is -2.36. The van der Waals surface area contributed by atoms with Gasteiger partial charge in [-0.05, 0) is 26.3 Å². The maximum atomic E-state index is 11.5. The van der Waals surface area contributed by atoms with Gasteiger partial charge in [0.1, 0.15) is 12.4 Å². The molecule has 1 rings (SSSR count). The van der Waals surface area contributed by atoms with Gasteiger partial charge in [-0.3, -0.25) is 9.48 Å². The summed E-state index contributed by atoms with van der Waals surface area (Å²) in [4.78, 5) is 11.5. The zero-order valence-corrected chi connectivity index (χ0v) is 9.55. The number of nitrogens with one attached hydrogen (secondary N) is 1. The first-order valence-electron chi connectivity index (χ1n) is 5.23. The van der Waals surface area contributed by atoms with Crippen LogP contribution in [0.15, 0.2) is 12.3 Å². The SMILES string of the molecule is CC(O)CC(C)NC(=O)Cn1ccc(N)n1. The van der Waals surface area contributed by atoms with Crippen LogP contribution in [0.25, 0.3) is 0 Å². The van der Waals surface area contributed by atoms with Crippen molar-refractivity contribution in [3.8, 4) is 0 Å². The minimum absolute atomic E-state index is 0.0552. The number of aromatic nitrogens is 2. The molecule has 0 saturated heterocycles. The molecule has 1 aromatic heterocycles. The molecule has 0 saturated carbocycles. The molecule has 0 fully saturated rings. The summed E-state index contributed by atoms with van der Waals surface area (Å²) >= 11 is 0. The maximum Gasteiger partial charge on any atom is 0.241 e. The third-order valence-corrected chi connectivity index (χ3v) is 2.07. The molecule has 0 aliphatic carbocycles. The molecule has 0 aliphatic rings. The zero-order chi connectivity index (χ0) is 12.1. The van der Waals surface area contributed by atoms with Crippen LogP contribution in [0.3, 0.4) is 0 Å². The number of anilines is 1. The lowest BCUT2D eigenvalue weighted by molar-refractivity contribution is -0.122. The first-order valence-corrected chi connectivity index (χ1v) is 5.23. The van der Waals surface area contributed by atoms with Crippen LogP contribution in [0.5, 0.6) is 0 Å². The molecule has 90 valence electrons. The van der Waals surface area contributed by atoms with E-state index in [1.165, 1.54) is 4.68 Å². The van der Waals surface area contributed by atoms with Crippen LogP contribution in [-0.2, 0) is 11.3 Å². The third-order valence-electron chi connectivity index (χ3n) is 2.07. The molecule has 0 aliphatic heterocycles. The fourth-order valence-electron chi connectivity index (χ4n) is 1.50. The molecule has 1 aromatic rings. The van der Waals surface area contributed by atoms with E-state index >= 15 is 0 Å². The molecule has 6 heteroatoms. The highest BCUT2D eigenvalue weighted by atomic mass is 16.3. The molecule has 1 amide bonds. The van der Waals surface area contributed by atoms with E-state index in [0.717, 1.165) is 0 Å². The fourth-order valence-corrected chi connectivity index (χ4v) is 1.50. The molecule has 0 spiro atoms. The molecule has 0 bridgehead atoms. The van der Waals surface area contributed by atoms with E-state index in [0.29, 0.717) is 12.2 Å². The van der Waals surface area contributed by atoms with E-state index in [2.05, 4.69) is 10.4 Å². The second-order valence-corrected chi connectivity index (χ2v) is 3.99. The van der Waals surface area contributed by atoms with Crippen LogP contribution in [0, 0.1) is 0 Å². The van der Waals surface area contributed by atoms with Crippen LogP contribution < -0.4 is 11.1 Å². The lowest BCUT2D eigenvalue weighted by atomic mass is 10.1. The number of nitrogen functional groups attached to an aromatic ring is 1. The van der Waals surface area contributed by atoms with E-state index in [9.17, 15) is 4.79 Å². The number of nitrogens with two attached hydrogens (primary N) is 1. The van der Waals surface area contributed by atoms with Gasteiger partial charge in [-0.2, -0.15) is 5.10 Å². The van der Waals surface area contributed by atoms with Gasteiger partial charge in [-0.1, -0.05) is 0 Å². The largest absolute Gasteiger partial charge is 0.393 e. The molecular formula is C10H18N4O2. The number of nitrogens with zero attached hydrogens (tertiary/aromatic N) is 2. The second kappa shape index (κ2) is 5.50. The number of carbonyl (C=O) groups is 1. The fraction of sp³-hybridized carbons (Fsp3) is 0.600. The lowest BCUT2D eigenvalue weighted by Gasteiger charge is -2.15. The van der Waals surface area contributed by atoms with Gasteiger partial charge < -0.3 is 16.2 Å². The van der Waals surface area contributed by atoms with Crippen LogP contribution in [0.1, 0.15) is 20.3 Å². The smallest absolute Gasteiger partial charge is 0.241 e. The Morgan fingerprint density at radius 2 is 2.38 bits per heavy atom. The first kappa shape index (κ1) is 12.5. The maximum absolute atomic E-state index is 11.5. The van der Waals surface area contributed by atoms with E-state index < -0.39 is 6.10 Å². The summed E-state index contributed by atoms with van der Waals surface area (Å²) in [5.41, 5.74) is 5.42. The van der Waals surface area contributed by atoms with Gasteiger partial charge in [0.05, 0.1) is 6.10 Å². The Hall–Kier alpha value is -1.56. The van der Waals surface area contributed by atoms with Gasteiger partial charge in [-0.15, -0.1) is 0 Å². The Labute approximate surface area is 94.4 Å². The van der Waals surface area contributed by atoms with E-state index in [1.807, 2.05) is 6.92 Å². The van der Waals surface area contributed by atoms with Crippen molar-refractivity contribution in [3.05, 3.63) is 12.3 Å². The number of aliphatic hydroxyl groups excluding tert-OH is 1. The van der Waals surface area contributed by atoms with Crippen molar-refractivity contribution in [3.63, 3.8) is 0 Å². The molecular weight excluding hydrogens is 208 g/mol. The Balaban J connectivity index is 2.36. The highest BCUT2D eigenvalue weighted by Gasteiger charge is 2.10. The number of carbonyl (C=O) groups excluding carboxylic acids is 1. The van der Waals surface area contributed by atoms with Crippen molar-refractivity contribution in [1.82, 2.24) is 15.1 Å². The summed E-state index contributed by atoms with van der Waals surface area (Å²) in [5, 5.41) is 15.8. The molecule has 16 heavy (non-hydrogen) atoms. The number of hydrogen-bond donors (Lipinski definition) is 3. The second-order valence-electron chi connectivity index (χ2n) is 3.99. The van der Waals surface area contributed by atoms with Crippen LogP contribution in [0.4, 0.5) is 5.82 Å². The quantitative estimate of drug-likeness (QED) is 0.645. The Kier molecular flexibility index (Phi) is 4.30. The van der Waals surface area contributed by atoms with Crippen molar-refractivity contribution < 1.29 is 9.90 Å². The van der Waals surface area contributed by atoms with E-state index in [1.54, 1.807) is 19.2 Å². The topological polar surface area (TPSA) is 93.2 Å². The molecule has 2 unspecified atom stereocenters. The van der Waals surface area contributed by atoms with Gasteiger partial charge in [0.25, 0.3) is 0 Å². The molecule has 0 aromatic carbocycles. The summed E-state index contributed by atoms with van der Waals surface area (Å²) < 4.78 is 1.47. The number of amides is 1. The van der Waals surface area contributed by atoms with Crippen molar-refractivity contribution in [1.29, 1.82) is 0 Å². The summed E-state index contributed by atoms with van der Waals surface area (Å²) in [6.07, 6.45) is 1.76. The van der Waals surface area contributed by atoms with Crippen LogP contribution >= 0.6 is 0 Å². The van der Waals surface area contributed by atoms with Crippen molar-refractivity contribution in [2.75, 3.05) is 5.73 Å². The van der Waals surface area contributed by atoms with E-state index in [4.69, 9.17) is 10.8 Å². The highest BCUT2D eigenvalue weighted by molar-refractivity contribution is 5.75. The summed E-state index contributed by atoms with van der Waals surface area (Å²) in [6, 6.07) is 1.58. The van der Waals surface area contributed by atoms with Crippen molar-refractivity contribution in [2.45, 2.75) is 39.0 Å². The van der Waals surface area contributed by atoms with Gasteiger partial charge in [0.2, 0.25) is 5.91 Å². The predicted octanol–water partition coefficient (Wildman–Crippen LogP) is -0.259. The predicted molar refractivity (Wildman–Crippen MR) is 60.5 cm³/mol. The Morgan fingerprint density at radius 3 is 2.88 bits per heavy atom. The number of rotatable bonds is 5. The number of aliphatic hydroxyl groups is 1. The highest BCUT2D eigenvalue weighted by Crippen LogP contribution is 1.98. The average molecular weight is 226 g/mol. The Morgan fingerprint density at radius 1 is 1.69 bits per heavy atom. The third kappa shape index (κ3) is 4.31. The minimum atomic E-state index is -0.421. The summed E-state index contributed by atoms with van der Waals surface area (Å²) in [7, 11) is 0. The Bertz CT molecular complexity index is 348. The molecule has 1 heterocycles. The summed E-state index contributed by atoms with van der Waals surface area (Å²) in [5.74, 6) is 0.251. The van der Waals surface area contributed by atoms with Gasteiger partial charge in [0.15, 0.2) is 0 Å². The normalized spacial score (nSPS) is 14.4. The van der Waals surface area contributed by atoms with Crippen molar-refractivity contribution >= 4 is 11.7 Å². The average Bonchev–Trinajstić information content (AvgIpc) is 2.48. The molecule has 4 N–H and O–H groups in total. The summed E-state index contributed by atoms with van der Waals surface area (Å²) in [6.45, 7) is 3.68. The molecule has 0 radical (unpaired) electrons. The van der Waals surface area contributed by atoms with Crippen LogP contribution in [0.2, 0.25) is 0 Å². The van der Waals surface area contributed by atoms with Gasteiger partial charge >= 0.3 is 0 Å². The minimum Gasteiger partial charge on any atom is -0.393 e. The standard InChI is InChI=1S/C10H18N4O2/c1-7(5-8(2)15)12-10(16)6-14-4-3-9(11)13-14/h3-4,7-8,15H,5-6H2,1-2H3,(H2,11,13)(H,12,16). The van der Waals surface area contributed by atoms with E-state index in [-0.39, 0.29) is 18.5 Å². The van der Waals surface area contributed by atoms with Crippen LogP contribution in [-0.4, -0.2) is 32.9 Å². The monoisotopic (exact) mass is 226 g/mol. The zero-order valence-electron chi connectivity index (χ0n) is 9.55. The molecule has 2 atom stereocenters. The van der Waals surface area contributed by atoms with Crippen molar-refractivity contribution in [2.24, 2.45) is 0 Å². The van der Waals surface area contributed by atoms with Gasteiger partial charge in [0, 0.05) is 12.2 Å². The van der Waals surface area contributed by atoms with Gasteiger partial charge in [-0.25, -0.2) is 0 Å². The first-order chi connectivity index (χ1) is 7.47.